The third-order valence-corrected chi connectivity index (χ3v) is 4.54. The second-order valence-corrected chi connectivity index (χ2v) is 7.52. The van der Waals surface area contributed by atoms with Crippen LogP contribution >= 0.6 is 0 Å². The molecule has 2 aromatic heterocycles. The number of hydrogen-bond acceptors (Lipinski definition) is 6. The SMILES string of the molecule is CC(c1nc(C(C)(C)C)no1)N1CCN(Cc2ccccn2)CC1. The van der Waals surface area contributed by atoms with E-state index in [-0.39, 0.29) is 11.5 Å². The highest BCUT2D eigenvalue weighted by molar-refractivity contribution is 5.04. The number of pyridine rings is 1. The molecule has 0 aromatic carbocycles. The summed E-state index contributed by atoms with van der Waals surface area (Å²) in [4.78, 5) is 13.9. The fourth-order valence-electron chi connectivity index (χ4n) is 2.90. The Hall–Kier alpha value is -1.79. The molecule has 3 rings (SSSR count). The molecule has 130 valence electrons. The van der Waals surface area contributed by atoms with Gasteiger partial charge in [0, 0.05) is 44.3 Å². The van der Waals surface area contributed by atoms with Crippen molar-refractivity contribution in [3.05, 3.63) is 41.8 Å². The first-order chi connectivity index (χ1) is 11.4. The molecular formula is C18H27N5O. The van der Waals surface area contributed by atoms with Crippen molar-refractivity contribution in [3.8, 4) is 0 Å². The molecule has 1 aliphatic rings. The maximum absolute atomic E-state index is 5.50. The molecule has 0 saturated carbocycles. The first-order valence-corrected chi connectivity index (χ1v) is 8.64. The summed E-state index contributed by atoms with van der Waals surface area (Å²) < 4.78 is 5.50. The van der Waals surface area contributed by atoms with Crippen molar-refractivity contribution in [1.82, 2.24) is 24.9 Å². The van der Waals surface area contributed by atoms with Gasteiger partial charge in [-0.25, -0.2) is 0 Å². The lowest BCUT2D eigenvalue weighted by Gasteiger charge is -2.36. The number of rotatable bonds is 4. The second-order valence-electron chi connectivity index (χ2n) is 7.52. The first-order valence-electron chi connectivity index (χ1n) is 8.64. The lowest BCUT2D eigenvalue weighted by atomic mass is 9.96. The van der Waals surface area contributed by atoms with Gasteiger partial charge < -0.3 is 4.52 Å². The van der Waals surface area contributed by atoms with E-state index in [4.69, 9.17) is 4.52 Å². The monoisotopic (exact) mass is 329 g/mol. The number of piperazine rings is 1. The first kappa shape index (κ1) is 17.0. The summed E-state index contributed by atoms with van der Waals surface area (Å²) in [5.74, 6) is 1.50. The Morgan fingerprint density at radius 2 is 1.92 bits per heavy atom. The van der Waals surface area contributed by atoms with Gasteiger partial charge in [-0.3, -0.25) is 14.8 Å². The lowest BCUT2D eigenvalue weighted by molar-refractivity contribution is 0.0838. The zero-order chi connectivity index (χ0) is 17.2. The van der Waals surface area contributed by atoms with Crippen LogP contribution in [0.3, 0.4) is 0 Å². The molecule has 3 heterocycles. The van der Waals surface area contributed by atoms with Crippen LogP contribution in [0.4, 0.5) is 0 Å². The Morgan fingerprint density at radius 1 is 1.17 bits per heavy atom. The van der Waals surface area contributed by atoms with Crippen molar-refractivity contribution < 1.29 is 4.52 Å². The van der Waals surface area contributed by atoms with Gasteiger partial charge in [0.05, 0.1) is 11.7 Å². The minimum atomic E-state index is -0.0805. The van der Waals surface area contributed by atoms with Crippen LogP contribution in [-0.2, 0) is 12.0 Å². The Bertz CT molecular complexity index is 641. The van der Waals surface area contributed by atoms with Crippen LogP contribution in [0.15, 0.2) is 28.9 Å². The fourth-order valence-corrected chi connectivity index (χ4v) is 2.90. The van der Waals surface area contributed by atoms with Crippen molar-refractivity contribution in [2.75, 3.05) is 26.2 Å². The summed E-state index contributed by atoms with van der Waals surface area (Å²) in [5, 5.41) is 4.14. The second kappa shape index (κ2) is 6.99. The summed E-state index contributed by atoms with van der Waals surface area (Å²) >= 11 is 0. The Kier molecular flexibility index (Phi) is 4.96. The van der Waals surface area contributed by atoms with Gasteiger partial charge in [-0.1, -0.05) is 32.0 Å². The largest absolute Gasteiger partial charge is 0.338 e. The van der Waals surface area contributed by atoms with Crippen molar-refractivity contribution in [3.63, 3.8) is 0 Å². The van der Waals surface area contributed by atoms with Crippen LogP contribution < -0.4 is 0 Å². The van der Waals surface area contributed by atoms with E-state index >= 15 is 0 Å². The predicted octanol–water partition coefficient (Wildman–Crippen LogP) is 2.64. The Labute approximate surface area is 143 Å². The molecule has 0 aliphatic carbocycles. The minimum absolute atomic E-state index is 0.0805. The number of nitrogens with zero attached hydrogens (tertiary/aromatic N) is 5. The van der Waals surface area contributed by atoms with Crippen LogP contribution in [0, 0.1) is 0 Å². The highest BCUT2D eigenvalue weighted by atomic mass is 16.5. The average Bonchev–Trinajstić information content (AvgIpc) is 3.06. The number of aromatic nitrogens is 3. The van der Waals surface area contributed by atoms with E-state index in [1.54, 1.807) is 0 Å². The molecule has 0 radical (unpaired) electrons. The van der Waals surface area contributed by atoms with Crippen molar-refractivity contribution >= 4 is 0 Å². The molecule has 0 amide bonds. The van der Waals surface area contributed by atoms with Gasteiger partial charge in [0.2, 0.25) is 5.89 Å². The van der Waals surface area contributed by atoms with Crippen LogP contribution in [0.2, 0.25) is 0 Å². The molecule has 0 bridgehead atoms. The molecule has 1 aliphatic heterocycles. The molecule has 1 saturated heterocycles. The smallest absolute Gasteiger partial charge is 0.243 e. The van der Waals surface area contributed by atoms with E-state index in [1.807, 2.05) is 18.3 Å². The van der Waals surface area contributed by atoms with E-state index in [2.05, 4.69) is 58.7 Å². The fraction of sp³-hybridized carbons (Fsp3) is 0.611. The van der Waals surface area contributed by atoms with E-state index in [9.17, 15) is 0 Å². The standard InChI is InChI=1S/C18H27N5O/c1-14(16-20-17(21-24-16)18(2,3)4)23-11-9-22(10-12-23)13-15-7-5-6-8-19-15/h5-8,14H,9-13H2,1-4H3. The summed E-state index contributed by atoms with van der Waals surface area (Å²) in [5.41, 5.74) is 1.05. The average molecular weight is 329 g/mol. The van der Waals surface area contributed by atoms with Crippen molar-refractivity contribution in [2.24, 2.45) is 0 Å². The predicted molar refractivity (Wildman–Crippen MR) is 92.5 cm³/mol. The van der Waals surface area contributed by atoms with Crippen LogP contribution in [0.1, 0.15) is 51.1 Å². The van der Waals surface area contributed by atoms with Gasteiger partial charge in [0.15, 0.2) is 5.82 Å². The van der Waals surface area contributed by atoms with E-state index in [0.29, 0.717) is 0 Å². The lowest BCUT2D eigenvalue weighted by Crippen LogP contribution is -2.46. The molecule has 1 unspecified atom stereocenters. The summed E-state index contributed by atoms with van der Waals surface area (Å²) in [7, 11) is 0. The molecule has 1 fully saturated rings. The third kappa shape index (κ3) is 3.99. The molecule has 6 heteroatoms. The van der Waals surface area contributed by atoms with Gasteiger partial charge in [-0.15, -0.1) is 0 Å². The van der Waals surface area contributed by atoms with Gasteiger partial charge in [0.25, 0.3) is 0 Å². The zero-order valence-corrected chi connectivity index (χ0v) is 15.1. The van der Waals surface area contributed by atoms with Gasteiger partial charge in [0.1, 0.15) is 0 Å². The Morgan fingerprint density at radius 3 is 2.50 bits per heavy atom. The van der Waals surface area contributed by atoms with Gasteiger partial charge in [-0.05, 0) is 19.1 Å². The summed E-state index contributed by atoms with van der Waals surface area (Å²) in [6, 6.07) is 6.25. The van der Waals surface area contributed by atoms with Crippen molar-refractivity contribution in [2.45, 2.75) is 45.7 Å². The molecule has 6 nitrogen and oxygen atoms in total. The molecule has 2 aromatic rings. The minimum Gasteiger partial charge on any atom is -0.338 e. The third-order valence-electron chi connectivity index (χ3n) is 4.54. The van der Waals surface area contributed by atoms with Crippen molar-refractivity contribution in [1.29, 1.82) is 0 Å². The maximum atomic E-state index is 5.50. The molecular weight excluding hydrogens is 302 g/mol. The summed E-state index contributed by atoms with van der Waals surface area (Å²) in [6.45, 7) is 13.4. The van der Waals surface area contributed by atoms with E-state index < -0.39 is 0 Å². The molecule has 24 heavy (non-hydrogen) atoms. The van der Waals surface area contributed by atoms with Crippen LogP contribution in [0.25, 0.3) is 0 Å². The highest BCUT2D eigenvalue weighted by Crippen LogP contribution is 2.24. The van der Waals surface area contributed by atoms with Gasteiger partial charge in [-0.2, -0.15) is 4.98 Å². The Balaban J connectivity index is 1.55. The van der Waals surface area contributed by atoms with E-state index in [1.165, 1.54) is 0 Å². The quantitative estimate of drug-likeness (QED) is 0.859. The van der Waals surface area contributed by atoms with E-state index in [0.717, 1.165) is 50.1 Å². The van der Waals surface area contributed by atoms with Gasteiger partial charge >= 0.3 is 0 Å². The number of hydrogen-bond donors (Lipinski definition) is 0. The van der Waals surface area contributed by atoms with Crippen LogP contribution in [-0.4, -0.2) is 51.1 Å². The van der Waals surface area contributed by atoms with Crippen LogP contribution in [0.5, 0.6) is 0 Å². The molecule has 0 N–H and O–H groups in total. The normalized spacial score (nSPS) is 18.7. The summed E-state index contributed by atoms with van der Waals surface area (Å²) in [6.07, 6.45) is 1.86. The maximum Gasteiger partial charge on any atom is 0.243 e. The zero-order valence-electron chi connectivity index (χ0n) is 15.1. The molecule has 1 atom stereocenters. The topological polar surface area (TPSA) is 58.3 Å². The highest BCUT2D eigenvalue weighted by Gasteiger charge is 2.28. The molecule has 0 spiro atoms.